The van der Waals surface area contributed by atoms with Crippen molar-refractivity contribution in [3.63, 3.8) is 0 Å². The van der Waals surface area contributed by atoms with Gasteiger partial charge in [0.1, 0.15) is 10.8 Å². The Labute approximate surface area is 144 Å². The smallest absolute Gasteiger partial charge is 0.227 e. The van der Waals surface area contributed by atoms with Crippen LogP contribution in [0.4, 0.5) is 5.95 Å². The normalized spacial score (nSPS) is 17.4. The second-order valence-corrected chi connectivity index (χ2v) is 6.20. The minimum Gasteiger partial charge on any atom is -0.358 e. The van der Waals surface area contributed by atoms with Crippen LogP contribution in [0, 0.1) is 6.92 Å². The van der Waals surface area contributed by atoms with Crippen LogP contribution in [0.25, 0.3) is 11.4 Å². The number of hydrogen-bond acceptors (Lipinski definition) is 6. The Balaban J connectivity index is 1.65. The van der Waals surface area contributed by atoms with Gasteiger partial charge in [0, 0.05) is 24.5 Å². The van der Waals surface area contributed by atoms with Crippen LogP contribution in [-0.4, -0.2) is 26.7 Å². The molecule has 1 atom stereocenters. The molecule has 0 spiro atoms. The number of hydrogen-bond donors (Lipinski definition) is 0. The summed E-state index contributed by atoms with van der Waals surface area (Å²) in [5.41, 5.74) is 2.38. The van der Waals surface area contributed by atoms with Crippen molar-refractivity contribution < 1.29 is 4.52 Å². The molecule has 3 aromatic rings. The van der Waals surface area contributed by atoms with Crippen molar-refractivity contribution in [1.82, 2.24) is 20.1 Å². The quantitative estimate of drug-likeness (QED) is 0.674. The Hall–Kier alpha value is -2.47. The fourth-order valence-corrected chi connectivity index (χ4v) is 3.26. The molecule has 0 saturated carbocycles. The number of nitrogens with zero attached hydrogens (tertiary/aromatic N) is 5. The van der Waals surface area contributed by atoms with Gasteiger partial charge in [-0.25, -0.2) is 9.97 Å². The molecule has 0 aromatic carbocycles. The zero-order valence-corrected chi connectivity index (χ0v) is 13.9. The van der Waals surface area contributed by atoms with Crippen molar-refractivity contribution in [2.75, 3.05) is 11.4 Å². The highest BCUT2D eigenvalue weighted by molar-refractivity contribution is 6.29. The maximum absolute atomic E-state index is 6.08. The Morgan fingerprint density at radius 2 is 2.12 bits per heavy atom. The number of aryl methyl sites for hydroxylation is 1. The summed E-state index contributed by atoms with van der Waals surface area (Å²) in [4.78, 5) is 15.3. The van der Waals surface area contributed by atoms with Gasteiger partial charge >= 0.3 is 0 Å². The fourth-order valence-electron chi connectivity index (χ4n) is 3.03. The molecule has 6 nitrogen and oxygen atoms in total. The first-order chi connectivity index (χ1) is 11.7. The maximum Gasteiger partial charge on any atom is 0.227 e. The molecule has 4 heterocycles. The van der Waals surface area contributed by atoms with Crippen LogP contribution in [0.5, 0.6) is 0 Å². The third kappa shape index (κ3) is 2.85. The van der Waals surface area contributed by atoms with E-state index in [0.29, 0.717) is 11.1 Å². The van der Waals surface area contributed by atoms with E-state index in [1.165, 1.54) is 0 Å². The number of pyridine rings is 1. The number of halogens is 1. The van der Waals surface area contributed by atoms with E-state index in [-0.39, 0.29) is 6.04 Å². The molecule has 4 rings (SSSR count). The predicted molar refractivity (Wildman–Crippen MR) is 90.8 cm³/mol. The van der Waals surface area contributed by atoms with Crippen LogP contribution in [0.1, 0.15) is 30.3 Å². The van der Waals surface area contributed by atoms with Gasteiger partial charge in [0.25, 0.3) is 0 Å². The number of rotatable bonds is 3. The lowest BCUT2D eigenvalue weighted by Crippen LogP contribution is -2.24. The molecule has 1 fully saturated rings. The summed E-state index contributed by atoms with van der Waals surface area (Å²) in [6.45, 7) is 2.78. The van der Waals surface area contributed by atoms with Gasteiger partial charge in [-0.05, 0) is 38.0 Å². The van der Waals surface area contributed by atoms with Crippen LogP contribution >= 0.6 is 11.6 Å². The lowest BCUT2D eigenvalue weighted by atomic mass is 10.1. The number of anilines is 1. The van der Waals surface area contributed by atoms with Gasteiger partial charge < -0.3 is 9.42 Å². The molecule has 0 bridgehead atoms. The lowest BCUT2D eigenvalue weighted by Gasteiger charge is -2.22. The average molecular weight is 342 g/mol. The van der Waals surface area contributed by atoms with Crippen LogP contribution < -0.4 is 4.90 Å². The first-order valence-corrected chi connectivity index (χ1v) is 8.24. The third-order valence-electron chi connectivity index (χ3n) is 4.10. The van der Waals surface area contributed by atoms with E-state index in [9.17, 15) is 0 Å². The zero-order valence-electron chi connectivity index (χ0n) is 13.2. The van der Waals surface area contributed by atoms with Crippen molar-refractivity contribution in [2.24, 2.45) is 0 Å². The topological polar surface area (TPSA) is 67.9 Å². The molecular weight excluding hydrogens is 326 g/mol. The van der Waals surface area contributed by atoms with Crippen LogP contribution in [0.3, 0.4) is 0 Å². The minimum atomic E-state index is 0.0628. The monoisotopic (exact) mass is 341 g/mol. The molecule has 0 aliphatic carbocycles. The number of aromatic nitrogens is 4. The third-order valence-corrected chi connectivity index (χ3v) is 4.30. The van der Waals surface area contributed by atoms with E-state index in [1.54, 1.807) is 12.3 Å². The van der Waals surface area contributed by atoms with Crippen molar-refractivity contribution >= 4 is 17.5 Å². The van der Waals surface area contributed by atoms with Crippen LogP contribution in [-0.2, 0) is 0 Å². The molecule has 1 aliphatic heterocycles. The molecule has 0 N–H and O–H groups in total. The molecule has 3 aromatic heterocycles. The molecule has 0 unspecified atom stereocenters. The molecule has 1 saturated heterocycles. The fraction of sp³-hybridized carbons (Fsp3) is 0.294. The van der Waals surface area contributed by atoms with Crippen LogP contribution in [0.2, 0.25) is 5.15 Å². The highest BCUT2D eigenvalue weighted by atomic mass is 35.5. The molecule has 122 valence electrons. The van der Waals surface area contributed by atoms with Gasteiger partial charge in [-0.15, -0.1) is 0 Å². The summed E-state index contributed by atoms with van der Waals surface area (Å²) in [5, 5.41) is 4.62. The SMILES string of the molecule is Cc1cc(Cl)nc(N2CCC[C@H]2c2cc(-c3ccccn3)no2)n1. The minimum absolute atomic E-state index is 0.0628. The summed E-state index contributed by atoms with van der Waals surface area (Å²) in [6.07, 6.45) is 3.75. The summed E-state index contributed by atoms with van der Waals surface area (Å²) >= 11 is 6.08. The van der Waals surface area contributed by atoms with Crippen molar-refractivity contribution in [1.29, 1.82) is 0 Å². The van der Waals surface area contributed by atoms with Crippen molar-refractivity contribution in [3.8, 4) is 11.4 Å². The zero-order chi connectivity index (χ0) is 16.5. The Morgan fingerprint density at radius 1 is 1.21 bits per heavy atom. The maximum atomic E-state index is 6.08. The van der Waals surface area contributed by atoms with E-state index in [0.717, 1.165) is 42.2 Å². The van der Waals surface area contributed by atoms with Crippen LogP contribution in [0.15, 0.2) is 41.1 Å². The summed E-state index contributed by atoms with van der Waals surface area (Å²) in [5.74, 6) is 1.44. The molecule has 1 aliphatic rings. The first-order valence-electron chi connectivity index (χ1n) is 7.86. The second kappa shape index (κ2) is 6.20. The molecule has 24 heavy (non-hydrogen) atoms. The highest BCUT2D eigenvalue weighted by Gasteiger charge is 2.31. The van der Waals surface area contributed by atoms with E-state index < -0.39 is 0 Å². The summed E-state index contributed by atoms with van der Waals surface area (Å²) in [6, 6.07) is 9.49. The largest absolute Gasteiger partial charge is 0.358 e. The van der Waals surface area contributed by atoms with Crippen molar-refractivity contribution in [2.45, 2.75) is 25.8 Å². The van der Waals surface area contributed by atoms with E-state index >= 15 is 0 Å². The predicted octanol–water partition coefficient (Wildman–Crippen LogP) is 3.83. The molecular formula is C17H16ClN5O. The van der Waals surface area contributed by atoms with Gasteiger partial charge in [0.2, 0.25) is 5.95 Å². The van der Waals surface area contributed by atoms with Gasteiger partial charge in [-0.2, -0.15) is 0 Å². The Bertz CT molecular complexity index is 831. The molecule has 0 amide bonds. The Morgan fingerprint density at radius 3 is 2.92 bits per heavy atom. The molecule has 7 heteroatoms. The highest BCUT2D eigenvalue weighted by Crippen LogP contribution is 2.36. The lowest BCUT2D eigenvalue weighted by molar-refractivity contribution is 0.362. The van der Waals surface area contributed by atoms with Crippen molar-refractivity contribution in [3.05, 3.63) is 53.1 Å². The molecule has 0 radical (unpaired) electrons. The average Bonchev–Trinajstić information content (AvgIpc) is 3.24. The van der Waals surface area contributed by atoms with E-state index in [1.807, 2.05) is 31.2 Å². The first kappa shape index (κ1) is 15.1. The summed E-state index contributed by atoms with van der Waals surface area (Å²) in [7, 11) is 0. The van der Waals surface area contributed by atoms with Gasteiger partial charge in [-0.1, -0.05) is 22.8 Å². The van der Waals surface area contributed by atoms with E-state index in [2.05, 4.69) is 25.0 Å². The summed E-state index contributed by atoms with van der Waals surface area (Å²) < 4.78 is 5.59. The van der Waals surface area contributed by atoms with E-state index in [4.69, 9.17) is 16.1 Å². The second-order valence-electron chi connectivity index (χ2n) is 5.81. The van der Waals surface area contributed by atoms with Gasteiger partial charge in [-0.3, -0.25) is 4.98 Å². The standard InChI is InChI=1S/C17H16ClN5O/c1-11-9-16(18)21-17(20-11)23-8-4-6-14(23)15-10-13(22-24-15)12-5-2-3-7-19-12/h2-3,5,7,9-10,14H,4,6,8H2,1H3/t14-/m0/s1. The van der Waals surface area contributed by atoms with Gasteiger partial charge in [0.05, 0.1) is 11.7 Å². The van der Waals surface area contributed by atoms with Gasteiger partial charge in [0.15, 0.2) is 5.76 Å². The Kier molecular flexibility index (Phi) is 3.90.